The maximum Gasteiger partial charge on any atom is 0.143 e. The number of aromatic nitrogens is 2. The standard InChI is InChI=1S/C40H24N2O/c1-2-7-30-24-31(19-12-25(30)6-1)36-23-21-29-18-17-28-20-22-35(41-38(28)39(29)42-36)27-15-13-26(14-16-27)32-9-5-10-34-33-8-3-4-11-37(33)43-40(32)34/h1-24H. The molecule has 0 amide bonds. The zero-order chi connectivity index (χ0) is 28.3. The van der Waals surface area contributed by atoms with E-state index in [1.807, 2.05) is 12.1 Å². The molecule has 0 radical (unpaired) electrons. The van der Waals surface area contributed by atoms with E-state index in [0.717, 1.165) is 77.4 Å². The quantitative estimate of drug-likeness (QED) is 0.206. The van der Waals surface area contributed by atoms with Crippen LogP contribution < -0.4 is 0 Å². The summed E-state index contributed by atoms with van der Waals surface area (Å²) in [4.78, 5) is 10.3. The minimum absolute atomic E-state index is 0.909. The van der Waals surface area contributed by atoms with Gasteiger partial charge in [0.2, 0.25) is 0 Å². The Morgan fingerprint density at radius 1 is 0.395 bits per heavy atom. The number of hydrogen-bond acceptors (Lipinski definition) is 3. The van der Waals surface area contributed by atoms with Gasteiger partial charge in [0.1, 0.15) is 11.2 Å². The van der Waals surface area contributed by atoms with Crippen molar-refractivity contribution in [2.45, 2.75) is 0 Å². The Labute approximate surface area is 247 Å². The summed E-state index contributed by atoms with van der Waals surface area (Å²) in [5.74, 6) is 0. The van der Waals surface area contributed by atoms with E-state index in [1.165, 1.54) is 10.8 Å². The van der Waals surface area contributed by atoms with Crippen molar-refractivity contribution >= 4 is 54.5 Å². The minimum atomic E-state index is 0.909. The lowest BCUT2D eigenvalue weighted by atomic mass is 10.00. The molecule has 0 bridgehead atoms. The fourth-order valence-electron chi connectivity index (χ4n) is 6.23. The first-order valence-electron chi connectivity index (χ1n) is 14.5. The molecule has 43 heavy (non-hydrogen) atoms. The van der Waals surface area contributed by atoms with Gasteiger partial charge < -0.3 is 4.42 Å². The summed E-state index contributed by atoms with van der Waals surface area (Å²) in [5.41, 5.74) is 9.88. The van der Waals surface area contributed by atoms with Crippen LogP contribution in [-0.2, 0) is 0 Å². The lowest BCUT2D eigenvalue weighted by molar-refractivity contribution is 0.670. The molecule has 0 fully saturated rings. The molecule has 0 saturated carbocycles. The number of fused-ring (bicyclic) bond motifs is 7. The second kappa shape index (κ2) is 9.37. The molecule has 6 aromatic carbocycles. The van der Waals surface area contributed by atoms with Crippen molar-refractivity contribution in [1.82, 2.24) is 9.97 Å². The van der Waals surface area contributed by atoms with Gasteiger partial charge in [0, 0.05) is 38.2 Å². The van der Waals surface area contributed by atoms with Crippen LogP contribution in [0.15, 0.2) is 150 Å². The third-order valence-electron chi connectivity index (χ3n) is 8.46. The molecule has 9 aromatic rings. The molecule has 0 saturated heterocycles. The zero-order valence-electron chi connectivity index (χ0n) is 23.2. The summed E-state index contributed by atoms with van der Waals surface area (Å²) in [6, 6.07) is 50.8. The Balaban J connectivity index is 1.13. The zero-order valence-corrected chi connectivity index (χ0v) is 23.2. The van der Waals surface area contributed by atoms with E-state index in [-0.39, 0.29) is 0 Å². The first kappa shape index (κ1) is 23.9. The minimum Gasteiger partial charge on any atom is -0.455 e. The van der Waals surface area contributed by atoms with Crippen LogP contribution in [0.1, 0.15) is 0 Å². The Bertz CT molecular complexity index is 2510. The Kier molecular flexibility index (Phi) is 5.20. The molecule has 0 aliphatic heterocycles. The van der Waals surface area contributed by atoms with Gasteiger partial charge >= 0.3 is 0 Å². The molecule has 0 aliphatic rings. The van der Waals surface area contributed by atoms with Gasteiger partial charge in [-0.25, -0.2) is 9.97 Å². The molecule has 0 N–H and O–H groups in total. The Morgan fingerprint density at radius 3 is 1.77 bits per heavy atom. The molecule has 3 heteroatoms. The first-order chi connectivity index (χ1) is 21.3. The van der Waals surface area contributed by atoms with Gasteiger partial charge in [-0.1, -0.05) is 121 Å². The molecule has 0 atom stereocenters. The topological polar surface area (TPSA) is 38.9 Å². The average Bonchev–Trinajstić information content (AvgIpc) is 3.47. The van der Waals surface area contributed by atoms with Crippen molar-refractivity contribution < 1.29 is 4.42 Å². The van der Waals surface area contributed by atoms with Crippen LogP contribution in [0.5, 0.6) is 0 Å². The highest BCUT2D eigenvalue weighted by Crippen LogP contribution is 2.36. The fraction of sp³-hybridized carbons (Fsp3) is 0. The number of para-hydroxylation sites is 2. The second-order valence-electron chi connectivity index (χ2n) is 11.0. The van der Waals surface area contributed by atoms with Gasteiger partial charge in [-0.3, -0.25) is 0 Å². The predicted molar refractivity (Wildman–Crippen MR) is 178 cm³/mol. The normalized spacial score (nSPS) is 11.7. The van der Waals surface area contributed by atoms with Gasteiger partial charge in [0.25, 0.3) is 0 Å². The lowest BCUT2D eigenvalue weighted by Crippen LogP contribution is -1.91. The van der Waals surface area contributed by atoms with Crippen LogP contribution in [0, 0.1) is 0 Å². The molecule has 200 valence electrons. The molecule has 0 unspecified atom stereocenters. The summed E-state index contributed by atoms with van der Waals surface area (Å²) >= 11 is 0. The summed E-state index contributed by atoms with van der Waals surface area (Å²) in [6.45, 7) is 0. The van der Waals surface area contributed by atoms with Crippen LogP contribution >= 0.6 is 0 Å². The van der Waals surface area contributed by atoms with Gasteiger partial charge in [0.05, 0.1) is 22.4 Å². The second-order valence-corrected chi connectivity index (χ2v) is 11.0. The monoisotopic (exact) mass is 548 g/mol. The van der Waals surface area contributed by atoms with E-state index in [4.69, 9.17) is 14.4 Å². The van der Waals surface area contributed by atoms with Gasteiger partial charge in [-0.2, -0.15) is 0 Å². The van der Waals surface area contributed by atoms with Gasteiger partial charge in [-0.05, 0) is 40.6 Å². The van der Waals surface area contributed by atoms with Crippen molar-refractivity contribution in [2.75, 3.05) is 0 Å². The van der Waals surface area contributed by atoms with Crippen LogP contribution in [0.4, 0.5) is 0 Å². The smallest absolute Gasteiger partial charge is 0.143 e. The summed E-state index contributed by atoms with van der Waals surface area (Å²) in [6.07, 6.45) is 0. The SMILES string of the molecule is c1ccc2cc(-c3ccc4ccc5ccc(-c6ccc(-c7cccc8c7oc7ccccc78)cc6)nc5c4n3)ccc2c1. The van der Waals surface area contributed by atoms with E-state index in [2.05, 4.69) is 133 Å². The van der Waals surface area contributed by atoms with Crippen LogP contribution in [0.3, 0.4) is 0 Å². The van der Waals surface area contributed by atoms with E-state index in [0.29, 0.717) is 0 Å². The van der Waals surface area contributed by atoms with E-state index in [9.17, 15) is 0 Å². The molecule has 3 aromatic heterocycles. The Morgan fingerprint density at radius 2 is 0.977 bits per heavy atom. The fourth-order valence-corrected chi connectivity index (χ4v) is 6.23. The highest BCUT2D eigenvalue weighted by atomic mass is 16.3. The van der Waals surface area contributed by atoms with Crippen LogP contribution in [0.25, 0.3) is 88.2 Å². The van der Waals surface area contributed by atoms with Crippen LogP contribution in [-0.4, -0.2) is 9.97 Å². The largest absolute Gasteiger partial charge is 0.455 e. The molecule has 9 rings (SSSR count). The van der Waals surface area contributed by atoms with Crippen molar-refractivity contribution in [2.24, 2.45) is 0 Å². The van der Waals surface area contributed by atoms with Crippen molar-refractivity contribution in [3.63, 3.8) is 0 Å². The van der Waals surface area contributed by atoms with Crippen molar-refractivity contribution in [3.05, 3.63) is 146 Å². The number of rotatable bonds is 3. The molecule has 3 heterocycles. The van der Waals surface area contributed by atoms with Gasteiger partial charge in [-0.15, -0.1) is 0 Å². The molecular formula is C40H24N2O. The maximum atomic E-state index is 6.29. The number of nitrogens with zero attached hydrogens (tertiary/aromatic N) is 2. The summed E-state index contributed by atoms with van der Waals surface area (Å²) in [5, 5.41) is 6.87. The molecular weight excluding hydrogens is 524 g/mol. The number of benzene rings is 6. The predicted octanol–water partition coefficient (Wildman–Crippen LogP) is 10.8. The third-order valence-corrected chi connectivity index (χ3v) is 8.46. The van der Waals surface area contributed by atoms with E-state index in [1.54, 1.807) is 0 Å². The number of pyridine rings is 2. The Hall–Kier alpha value is -5.80. The van der Waals surface area contributed by atoms with Crippen molar-refractivity contribution in [1.29, 1.82) is 0 Å². The van der Waals surface area contributed by atoms with E-state index < -0.39 is 0 Å². The molecule has 3 nitrogen and oxygen atoms in total. The third kappa shape index (κ3) is 3.90. The number of hydrogen-bond donors (Lipinski definition) is 0. The van der Waals surface area contributed by atoms with Crippen LogP contribution in [0.2, 0.25) is 0 Å². The summed E-state index contributed by atoms with van der Waals surface area (Å²) in [7, 11) is 0. The highest BCUT2D eigenvalue weighted by molar-refractivity contribution is 6.09. The highest BCUT2D eigenvalue weighted by Gasteiger charge is 2.13. The van der Waals surface area contributed by atoms with E-state index >= 15 is 0 Å². The molecule has 0 aliphatic carbocycles. The van der Waals surface area contributed by atoms with Gasteiger partial charge in [0.15, 0.2) is 0 Å². The number of furan rings is 1. The first-order valence-corrected chi connectivity index (χ1v) is 14.5. The van der Waals surface area contributed by atoms with Crippen molar-refractivity contribution in [3.8, 4) is 33.6 Å². The molecule has 0 spiro atoms. The summed E-state index contributed by atoms with van der Waals surface area (Å²) < 4.78 is 6.29. The average molecular weight is 549 g/mol. The lowest BCUT2D eigenvalue weighted by Gasteiger charge is -2.09. The maximum absolute atomic E-state index is 6.29.